The van der Waals surface area contributed by atoms with Crippen molar-refractivity contribution in [2.24, 2.45) is 11.7 Å². The highest BCUT2D eigenvalue weighted by molar-refractivity contribution is 5.94. The van der Waals surface area contributed by atoms with Crippen molar-refractivity contribution >= 4 is 5.91 Å². The molecule has 0 spiro atoms. The molecule has 1 heterocycles. The van der Waals surface area contributed by atoms with Crippen molar-refractivity contribution in [1.82, 2.24) is 4.90 Å². The lowest BCUT2D eigenvalue weighted by Crippen LogP contribution is -2.33. The first-order chi connectivity index (χ1) is 8.50. The van der Waals surface area contributed by atoms with Gasteiger partial charge >= 0.3 is 0 Å². The van der Waals surface area contributed by atoms with Crippen LogP contribution in [0.2, 0.25) is 0 Å². The zero-order chi connectivity index (χ0) is 13.3. The maximum atomic E-state index is 13.5. The van der Waals surface area contributed by atoms with Crippen molar-refractivity contribution in [1.29, 1.82) is 0 Å². The highest BCUT2D eigenvalue weighted by Gasteiger charge is 2.30. The Bertz CT molecular complexity index is 462. The van der Waals surface area contributed by atoms with E-state index in [9.17, 15) is 13.6 Å². The van der Waals surface area contributed by atoms with Gasteiger partial charge in [-0.3, -0.25) is 4.79 Å². The fourth-order valence-corrected chi connectivity index (χ4v) is 2.24. The molecule has 1 fully saturated rings. The van der Waals surface area contributed by atoms with Crippen molar-refractivity contribution in [3.63, 3.8) is 0 Å². The number of amides is 1. The van der Waals surface area contributed by atoms with E-state index in [4.69, 9.17) is 5.73 Å². The molecule has 1 aromatic carbocycles. The van der Waals surface area contributed by atoms with Crippen LogP contribution in [0.3, 0.4) is 0 Å². The summed E-state index contributed by atoms with van der Waals surface area (Å²) in [5, 5.41) is 0. The first-order valence-corrected chi connectivity index (χ1v) is 5.99. The maximum Gasteiger partial charge on any atom is 0.256 e. The molecule has 0 aliphatic carbocycles. The largest absolute Gasteiger partial charge is 0.338 e. The van der Waals surface area contributed by atoms with E-state index in [1.165, 1.54) is 17.0 Å². The summed E-state index contributed by atoms with van der Waals surface area (Å²) in [5.74, 6) is -2.31. The molecular weight excluding hydrogens is 238 g/mol. The van der Waals surface area contributed by atoms with Crippen LogP contribution in [0.5, 0.6) is 0 Å². The molecule has 1 aliphatic heterocycles. The van der Waals surface area contributed by atoms with Crippen LogP contribution in [0.1, 0.15) is 23.7 Å². The number of benzene rings is 1. The average molecular weight is 254 g/mol. The van der Waals surface area contributed by atoms with Gasteiger partial charge in [0, 0.05) is 19.1 Å². The molecule has 1 saturated heterocycles. The summed E-state index contributed by atoms with van der Waals surface area (Å²) >= 11 is 0. The number of nitrogens with two attached hydrogens (primary N) is 1. The molecule has 18 heavy (non-hydrogen) atoms. The van der Waals surface area contributed by atoms with Gasteiger partial charge in [-0.2, -0.15) is 0 Å². The fourth-order valence-electron chi connectivity index (χ4n) is 2.24. The van der Waals surface area contributed by atoms with Gasteiger partial charge in [0.05, 0.1) is 5.56 Å². The number of hydrogen-bond acceptors (Lipinski definition) is 2. The Morgan fingerprint density at radius 2 is 2.22 bits per heavy atom. The van der Waals surface area contributed by atoms with E-state index in [-0.39, 0.29) is 17.5 Å². The number of nitrogens with zero attached hydrogens (tertiary/aromatic N) is 1. The number of halogens is 2. The first-order valence-electron chi connectivity index (χ1n) is 5.99. The van der Waals surface area contributed by atoms with Gasteiger partial charge in [-0.1, -0.05) is 6.07 Å². The molecule has 1 aliphatic rings. The zero-order valence-electron chi connectivity index (χ0n) is 10.2. The van der Waals surface area contributed by atoms with Crippen LogP contribution in [-0.4, -0.2) is 29.9 Å². The molecule has 2 atom stereocenters. The molecule has 1 aromatic rings. The number of rotatable bonds is 2. The molecule has 2 rings (SSSR count). The lowest BCUT2D eigenvalue weighted by molar-refractivity contribution is 0.0780. The van der Waals surface area contributed by atoms with Crippen molar-refractivity contribution in [2.75, 3.05) is 13.1 Å². The lowest BCUT2D eigenvalue weighted by Gasteiger charge is -2.18. The first kappa shape index (κ1) is 13.0. The van der Waals surface area contributed by atoms with E-state index in [0.717, 1.165) is 12.5 Å². The second-order valence-electron chi connectivity index (χ2n) is 4.76. The lowest BCUT2D eigenvalue weighted by atomic mass is 10.0. The molecule has 0 radical (unpaired) electrons. The molecule has 5 heteroatoms. The Morgan fingerprint density at radius 3 is 2.83 bits per heavy atom. The predicted molar refractivity (Wildman–Crippen MR) is 64.0 cm³/mol. The van der Waals surface area contributed by atoms with E-state index in [2.05, 4.69) is 0 Å². The minimum Gasteiger partial charge on any atom is -0.338 e. The zero-order valence-corrected chi connectivity index (χ0v) is 10.2. The summed E-state index contributed by atoms with van der Waals surface area (Å²) in [4.78, 5) is 13.6. The highest BCUT2D eigenvalue weighted by Crippen LogP contribution is 2.22. The van der Waals surface area contributed by atoms with E-state index >= 15 is 0 Å². The third-order valence-corrected chi connectivity index (χ3v) is 3.44. The van der Waals surface area contributed by atoms with E-state index in [1.54, 1.807) is 0 Å². The van der Waals surface area contributed by atoms with Gasteiger partial charge in [-0.25, -0.2) is 8.78 Å². The number of carbonyl (C=O) groups excluding carboxylic acids is 1. The van der Waals surface area contributed by atoms with Crippen molar-refractivity contribution in [3.05, 3.63) is 35.4 Å². The quantitative estimate of drug-likeness (QED) is 0.874. The van der Waals surface area contributed by atoms with Crippen LogP contribution >= 0.6 is 0 Å². The van der Waals surface area contributed by atoms with Crippen LogP contribution in [0.25, 0.3) is 0 Å². The number of likely N-dealkylation sites (tertiary alicyclic amines) is 1. The predicted octanol–water partition coefficient (Wildman–Crippen LogP) is 1.77. The van der Waals surface area contributed by atoms with Crippen LogP contribution in [0, 0.1) is 17.6 Å². The second-order valence-corrected chi connectivity index (χ2v) is 4.76. The number of carbonyl (C=O) groups is 1. The Labute approximate surface area is 105 Å². The van der Waals surface area contributed by atoms with Gasteiger partial charge in [-0.15, -0.1) is 0 Å². The van der Waals surface area contributed by atoms with Crippen LogP contribution < -0.4 is 5.73 Å². The summed E-state index contributed by atoms with van der Waals surface area (Å²) in [6.45, 7) is 2.94. The smallest absolute Gasteiger partial charge is 0.256 e. The molecule has 1 amide bonds. The summed E-state index contributed by atoms with van der Waals surface area (Å²) in [6, 6.07) is 3.64. The van der Waals surface area contributed by atoms with Gasteiger partial charge in [0.1, 0.15) is 0 Å². The SMILES string of the molecule is CC(N)C1CCN(C(=O)c2cccc(F)c2F)C1. The molecule has 0 bridgehead atoms. The topological polar surface area (TPSA) is 46.3 Å². The van der Waals surface area contributed by atoms with Gasteiger partial charge in [-0.05, 0) is 31.4 Å². The third kappa shape index (κ3) is 2.36. The summed E-state index contributed by atoms with van der Waals surface area (Å²) in [5.41, 5.74) is 5.57. The van der Waals surface area contributed by atoms with Crippen LogP contribution in [-0.2, 0) is 0 Å². The van der Waals surface area contributed by atoms with Gasteiger partial charge in [0.2, 0.25) is 0 Å². The fraction of sp³-hybridized carbons (Fsp3) is 0.462. The minimum absolute atomic E-state index is 0.000145. The normalized spacial score (nSPS) is 21.1. The molecule has 0 aromatic heterocycles. The molecule has 0 saturated carbocycles. The van der Waals surface area contributed by atoms with Crippen molar-refractivity contribution in [2.45, 2.75) is 19.4 Å². The van der Waals surface area contributed by atoms with Crippen LogP contribution in [0.4, 0.5) is 8.78 Å². The Balaban J connectivity index is 2.16. The Morgan fingerprint density at radius 1 is 1.50 bits per heavy atom. The maximum absolute atomic E-state index is 13.5. The molecule has 3 nitrogen and oxygen atoms in total. The van der Waals surface area contributed by atoms with Crippen molar-refractivity contribution in [3.8, 4) is 0 Å². The van der Waals surface area contributed by atoms with Crippen LogP contribution in [0.15, 0.2) is 18.2 Å². The third-order valence-electron chi connectivity index (χ3n) is 3.44. The van der Waals surface area contributed by atoms with E-state index < -0.39 is 17.5 Å². The monoisotopic (exact) mass is 254 g/mol. The number of hydrogen-bond donors (Lipinski definition) is 1. The van der Waals surface area contributed by atoms with Gasteiger partial charge in [0.25, 0.3) is 5.91 Å². The van der Waals surface area contributed by atoms with Crippen molar-refractivity contribution < 1.29 is 13.6 Å². The standard InChI is InChI=1S/C13H16F2N2O/c1-8(16)9-5-6-17(7-9)13(18)10-3-2-4-11(14)12(10)15/h2-4,8-9H,5-7,16H2,1H3. The molecule has 2 unspecified atom stereocenters. The second kappa shape index (κ2) is 5.02. The summed E-state index contributed by atoms with van der Waals surface area (Å²) < 4.78 is 26.6. The van der Waals surface area contributed by atoms with E-state index in [0.29, 0.717) is 13.1 Å². The summed E-state index contributed by atoms with van der Waals surface area (Å²) in [7, 11) is 0. The molecule has 98 valence electrons. The average Bonchev–Trinajstić information content (AvgIpc) is 2.81. The molecule has 2 N–H and O–H groups in total. The Kier molecular flexibility index (Phi) is 3.61. The van der Waals surface area contributed by atoms with Gasteiger partial charge < -0.3 is 10.6 Å². The highest BCUT2D eigenvalue weighted by atomic mass is 19.2. The Hall–Kier alpha value is -1.49. The summed E-state index contributed by atoms with van der Waals surface area (Å²) in [6.07, 6.45) is 0.806. The van der Waals surface area contributed by atoms with Gasteiger partial charge in [0.15, 0.2) is 11.6 Å². The van der Waals surface area contributed by atoms with E-state index in [1.807, 2.05) is 6.92 Å². The molecular formula is C13H16F2N2O. The minimum atomic E-state index is -1.08.